The summed E-state index contributed by atoms with van der Waals surface area (Å²) >= 11 is 0. The average molecular weight is 626 g/mol. The number of ether oxygens (including phenoxy) is 1. The number of hydrogen-bond acceptors (Lipinski definition) is 3. The summed E-state index contributed by atoms with van der Waals surface area (Å²) in [6, 6.07) is 23.0. The quantitative estimate of drug-likeness (QED) is 0.254. The van der Waals surface area contributed by atoms with Gasteiger partial charge in [0.25, 0.3) is 0 Å². The topological polar surface area (TPSA) is 47.6 Å². The van der Waals surface area contributed by atoms with E-state index in [9.17, 15) is 4.79 Å². The Kier molecular flexibility index (Phi) is 9.73. The first-order chi connectivity index (χ1) is 21.2. The largest absolute Gasteiger partial charge is 0.457 e. The van der Waals surface area contributed by atoms with Gasteiger partial charge in [0.1, 0.15) is 22.0 Å². The van der Waals surface area contributed by atoms with Crippen LogP contribution in [-0.4, -0.2) is 22.0 Å². The smallest absolute Gasteiger partial charge is 0.225 e. The van der Waals surface area contributed by atoms with E-state index in [1.54, 1.807) is 0 Å². The molecule has 0 aromatic heterocycles. The molecule has 0 radical (unpaired) electrons. The molecule has 1 amide bonds. The van der Waals surface area contributed by atoms with Gasteiger partial charge in [-0.25, -0.2) is 0 Å². The zero-order valence-electron chi connectivity index (χ0n) is 29.1. The third-order valence-electron chi connectivity index (χ3n) is 10.8. The standard InChI is InChI=1S/C40H55NO3Si/c1-26(37(39(5,6)7)40(8,44-45)28-16-10-9-11-17-28)27-22-23-32(38(2,3)4)33(24-27)41-36(42)25-31-29-18-12-14-20-34(29)43-35-21-15-13-19-30(31)35/h12-15,18-24,26,28,31,37H,9-11,16-17,25H2,1-8,45H3,(H,41,42). The lowest BCUT2D eigenvalue weighted by Crippen LogP contribution is -2.52. The van der Waals surface area contributed by atoms with E-state index in [1.165, 1.54) is 37.7 Å². The summed E-state index contributed by atoms with van der Waals surface area (Å²) in [5, 5.41) is 3.41. The van der Waals surface area contributed by atoms with Gasteiger partial charge in [-0.15, -0.1) is 0 Å². The molecule has 1 aliphatic carbocycles. The summed E-state index contributed by atoms with van der Waals surface area (Å²) < 4.78 is 12.9. The van der Waals surface area contributed by atoms with E-state index in [0.717, 1.165) is 44.4 Å². The zero-order valence-corrected chi connectivity index (χ0v) is 31.1. The van der Waals surface area contributed by atoms with Gasteiger partial charge in [-0.1, -0.05) is 116 Å². The molecular weight excluding hydrogens is 571 g/mol. The molecule has 3 aromatic carbocycles. The highest BCUT2D eigenvalue weighted by Gasteiger charge is 2.49. The molecule has 242 valence electrons. The summed E-state index contributed by atoms with van der Waals surface area (Å²) in [6.45, 7) is 18.6. The predicted octanol–water partition coefficient (Wildman–Crippen LogP) is 9.65. The number of hydrogen-bond donors (Lipinski definition) is 1. The Balaban J connectivity index is 1.48. The Morgan fingerprint density at radius 1 is 0.889 bits per heavy atom. The first kappa shape index (κ1) is 33.5. The fraction of sp³-hybridized carbons (Fsp3) is 0.525. The van der Waals surface area contributed by atoms with E-state index in [-0.39, 0.29) is 34.2 Å². The lowest BCUT2D eigenvalue weighted by molar-refractivity contribution is -0.116. The number of anilines is 1. The zero-order chi connectivity index (χ0) is 32.6. The first-order valence-electron chi connectivity index (χ1n) is 17.1. The normalized spacial score (nSPS) is 18.7. The fourth-order valence-electron chi connectivity index (χ4n) is 8.74. The molecule has 3 unspecified atom stereocenters. The Bertz CT molecular complexity index is 1450. The van der Waals surface area contributed by atoms with Crippen molar-refractivity contribution < 1.29 is 14.0 Å². The minimum Gasteiger partial charge on any atom is -0.457 e. The number of rotatable bonds is 8. The summed E-state index contributed by atoms with van der Waals surface area (Å²) in [4.78, 5) is 14.0. The molecule has 4 nitrogen and oxygen atoms in total. The van der Waals surface area contributed by atoms with E-state index >= 15 is 0 Å². The van der Waals surface area contributed by atoms with Crippen molar-refractivity contribution in [3.63, 3.8) is 0 Å². The molecule has 5 rings (SSSR count). The van der Waals surface area contributed by atoms with Crippen LogP contribution in [0.1, 0.15) is 128 Å². The van der Waals surface area contributed by atoms with Gasteiger partial charge in [0.15, 0.2) is 0 Å². The number of para-hydroxylation sites is 2. The monoisotopic (exact) mass is 625 g/mol. The van der Waals surface area contributed by atoms with E-state index in [4.69, 9.17) is 9.16 Å². The maximum atomic E-state index is 14.0. The van der Waals surface area contributed by atoms with Crippen LogP contribution in [0.15, 0.2) is 66.7 Å². The van der Waals surface area contributed by atoms with Crippen molar-refractivity contribution >= 4 is 22.1 Å². The van der Waals surface area contributed by atoms with Crippen LogP contribution < -0.4 is 10.1 Å². The number of nitrogens with one attached hydrogen (secondary N) is 1. The van der Waals surface area contributed by atoms with Crippen molar-refractivity contribution in [3.8, 4) is 11.5 Å². The molecule has 1 saturated carbocycles. The maximum Gasteiger partial charge on any atom is 0.225 e. The SMILES string of the molecule is CC(c1ccc(C(C)(C)C)c(NC(=O)CC2c3ccccc3Oc3ccccc32)c1)C(C(C)(C)C)C(C)(O[SiH3])C1CCCCC1. The van der Waals surface area contributed by atoms with Crippen LogP contribution in [0.5, 0.6) is 11.5 Å². The van der Waals surface area contributed by atoms with Crippen LogP contribution in [0, 0.1) is 17.3 Å². The van der Waals surface area contributed by atoms with Crippen molar-refractivity contribution in [3.05, 3.63) is 89.0 Å². The highest BCUT2D eigenvalue weighted by Crippen LogP contribution is 2.52. The van der Waals surface area contributed by atoms with Gasteiger partial charge in [-0.3, -0.25) is 4.79 Å². The number of benzene rings is 3. The number of fused-ring (bicyclic) bond motifs is 2. The molecule has 45 heavy (non-hydrogen) atoms. The summed E-state index contributed by atoms with van der Waals surface area (Å²) in [7, 11) is 0.723. The van der Waals surface area contributed by atoms with Gasteiger partial charge in [0, 0.05) is 29.2 Å². The number of carbonyl (C=O) groups is 1. The van der Waals surface area contributed by atoms with Crippen LogP contribution in [0.2, 0.25) is 0 Å². The lowest BCUT2D eigenvalue weighted by Gasteiger charge is -2.52. The predicted molar refractivity (Wildman–Crippen MR) is 191 cm³/mol. The van der Waals surface area contributed by atoms with E-state index < -0.39 is 0 Å². The molecule has 0 spiro atoms. The third kappa shape index (κ3) is 6.95. The molecule has 0 saturated heterocycles. The molecule has 1 aliphatic heterocycles. The fourth-order valence-corrected chi connectivity index (χ4v) is 9.33. The van der Waals surface area contributed by atoms with Gasteiger partial charge in [-0.05, 0) is 77.7 Å². The van der Waals surface area contributed by atoms with Crippen LogP contribution in [0.3, 0.4) is 0 Å². The molecule has 1 heterocycles. The second-order valence-corrected chi connectivity index (χ2v) is 16.3. The summed E-state index contributed by atoms with van der Waals surface area (Å²) in [5.41, 5.74) is 5.20. The molecular formula is C40H55NO3Si. The van der Waals surface area contributed by atoms with Gasteiger partial charge in [0.05, 0.1) is 5.60 Å². The van der Waals surface area contributed by atoms with Crippen molar-refractivity contribution in [1.29, 1.82) is 0 Å². The van der Waals surface area contributed by atoms with Crippen LogP contribution >= 0.6 is 0 Å². The molecule has 0 bridgehead atoms. The van der Waals surface area contributed by atoms with Crippen molar-refractivity contribution in [2.24, 2.45) is 17.3 Å². The van der Waals surface area contributed by atoms with Crippen molar-refractivity contribution in [2.75, 3.05) is 5.32 Å². The Hall–Kier alpha value is -2.89. The second-order valence-electron chi connectivity index (χ2n) is 15.9. The van der Waals surface area contributed by atoms with E-state index in [2.05, 4.69) is 91.0 Å². The lowest BCUT2D eigenvalue weighted by atomic mass is 9.58. The number of carbonyl (C=O) groups excluding carboxylic acids is 1. The maximum absolute atomic E-state index is 14.0. The van der Waals surface area contributed by atoms with Gasteiger partial charge in [0.2, 0.25) is 5.91 Å². The minimum absolute atomic E-state index is 0.0177. The Labute approximate surface area is 275 Å². The Morgan fingerprint density at radius 2 is 1.47 bits per heavy atom. The van der Waals surface area contributed by atoms with Crippen molar-refractivity contribution in [2.45, 2.75) is 117 Å². The molecule has 2 aliphatic rings. The number of amides is 1. The summed E-state index contributed by atoms with van der Waals surface area (Å²) in [5.74, 6) is 2.76. The van der Waals surface area contributed by atoms with Crippen LogP contribution in [0.4, 0.5) is 5.69 Å². The second kappa shape index (κ2) is 13.1. The van der Waals surface area contributed by atoms with Crippen LogP contribution in [0.25, 0.3) is 0 Å². The summed E-state index contributed by atoms with van der Waals surface area (Å²) in [6.07, 6.45) is 6.79. The molecule has 1 fully saturated rings. The Morgan fingerprint density at radius 3 is 2.00 bits per heavy atom. The highest BCUT2D eigenvalue weighted by molar-refractivity contribution is 5.98. The van der Waals surface area contributed by atoms with Crippen molar-refractivity contribution in [1.82, 2.24) is 0 Å². The van der Waals surface area contributed by atoms with Gasteiger partial charge in [-0.2, -0.15) is 0 Å². The average Bonchev–Trinajstić information content (AvgIpc) is 3.00. The first-order valence-corrected chi connectivity index (χ1v) is 17.9. The minimum atomic E-state index is -0.180. The van der Waals surface area contributed by atoms with E-state index in [1.807, 2.05) is 36.4 Å². The highest BCUT2D eigenvalue weighted by atomic mass is 28.2. The van der Waals surface area contributed by atoms with Gasteiger partial charge < -0.3 is 14.5 Å². The molecule has 3 atom stereocenters. The van der Waals surface area contributed by atoms with Crippen LogP contribution in [-0.2, 0) is 14.6 Å². The third-order valence-corrected chi connectivity index (χ3v) is 11.6. The molecule has 5 heteroatoms. The van der Waals surface area contributed by atoms with Gasteiger partial charge >= 0.3 is 0 Å². The van der Waals surface area contributed by atoms with E-state index in [0.29, 0.717) is 18.3 Å². The molecule has 1 N–H and O–H groups in total. The molecule has 3 aromatic rings.